The molecule has 0 amide bonds. The number of carboxylic acids is 1. The molecule has 0 aliphatic carbocycles. The molecule has 5 heteroatoms. The second kappa shape index (κ2) is 5.29. The Kier molecular flexibility index (Phi) is 3.75. The average Bonchev–Trinajstić information content (AvgIpc) is 2.28. The third-order valence-corrected chi connectivity index (χ3v) is 2.67. The van der Waals surface area contributed by atoms with Crippen LogP contribution in [0.4, 0.5) is 0 Å². The van der Waals surface area contributed by atoms with Crippen LogP contribution in [0.2, 0.25) is 10.0 Å². The summed E-state index contributed by atoms with van der Waals surface area (Å²) in [6.45, 7) is 0. The number of carbonyl (C=O) groups is 1. The predicted octanol–water partition coefficient (Wildman–Crippen LogP) is 4.48. The van der Waals surface area contributed by atoms with Crippen molar-refractivity contribution in [1.82, 2.24) is 0 Å². The SMILES string of the molecule is O=C(O)c1ccc(Cl)cc1Oc1cccc(Cl)c1. The van der Waals surface area contributed by atoms with Gasteiger partial charge in [0.05, 0.1) is 0 Å². The molecule has 2 rings (SSSR count). The van der Waals surface area contributed by atoms with Crippen LogP contribution in [0.25, 0.3) is 0 Å². The molecule has 18 heavy (non-hydrogen) atoms. The van der Waals surface area contributed by atoms with Crippen molar-refractivity contribution in [2.45, 2.75) is 0 Å². The Morgan fingerprint density at radius 3 is 2.44 bits per heavy atom. The van der Waals surface area contributed by atoms with Gasteiger partial charge < -0.3 is 9.84 Å². The van der Waals surface area contributed by atoms with Crippen LogP contribution in [0.15, 0.2) is 42.5 Å². The van der Waals surface area contributed by atoms with Crippen molar-refractivity contribution in [2.75, 3.05) is 0 Å². The van der Waals surface area contributed by atoms with Crippen LogP contribution in [0.5, 0.6) is 11.5 Å². The summed E-state index contributed by atoms with van der Waals surface area (Å²) in [5, 5.41) is 9.95. The lowest BCUT2D eigenvalue weighted by atomic mass is 10.2. The summed E-state index contributed by atoms with van der Waals surface area (Å²) in [7, 11) is 0. The molecule has 0 saturated carbocycles. The molecule has 0 radical (unpaired) electrons. The van der Waals surface area contributed by atoms with Crippen molar-refractivity contribution in [2.24, 2.45) is 0 Å². The van der Waals surface area contributed by atoms with Gasteiger partial charge in [-0.3, -0.25) is 0 Å². The van der Waals surface area contributed by atoms with Crippen molar-refractivity contribution in [1.29, 1.82) is 0 Å². The number of halogens is 2. The molecule has 1 N–H and O–H groups in total. The molecule has 0 heterocycles. The normalized spacial score (nSPS) is 10.1. The Hall–Kier alpha value is -1.71. The molecule has 0 aromatic heterocycles. The van der Waals surface area contributed by atoms with Crippen LogP contribution in [0.1, 0.15) is 10.4 Å². The highest BCUT2D eigenvalue weighted by molar-refractivity contribution is 6.31. The molecule has 0 saturated heterocycles. The monoisotopic (exact) mass is 282 g/mol. The molecule has 0 spiro atoms. The molecule has 0 aliphatic heterocycles. The summed E-state index contributed by atoms with van der Waals surface area (Å²) >= 11 is 11.6. The lowest BCUT2D eigenvalue weighted by molar-refractivity contribution is 0.0694. The first-order chi connectivity index (χ1) is 8.56. The van der Waals surface area contributed by atoms with Crippen molar-refractivity contribution in [3.05, 3.63) is 58.1 Å². The minimum atomic E-state index is -1.08. The molecular weight excluding hydrogens is 275 g/mol. The zero-order valence-corrected chi connectivity index (χ0v) is 10.6. The van der Waals surface area contributed by atoms with Crippen LogP contribution >= 0.6 is 23.2 Å². The van der Waals surface area contributed by atoms with Crippen LogP contribution in [0, 0.1) is 0 Å². The van der Waals surface area contributed by atoms with Gasteiger partial charge in [0.2, 0.25) is 0 Å². The molecule has 2 aromatic carbocycles. The number of ether oxygens (including phenoxy) is 1. The molecule has 2 aromatic rings. The van der Waals surface area contributed by atoms with Gasteiger partial charge in [-0.05, 0) is 30.3 Å². The van der Waals surface area contributed by atoms with Gasteiger partial charge in [0.25, 0.3) is 0 Å². The first kappa shape index (κ1) is 12.7. The molecule has 0 unspecified atom stereocenters. The van der Waals surface area contributed by atoms with Gasteiger partial charge in [-0.1, -0.05) is 29.3 Å². The average molecular weight is 283 g/mol. The van der Waals surface area contributed by atoms with Crippen molar-refractivity contribution in [3.8, 4) is 11.5 Å². The fraction of sp³-hybridized carbons (Fsp3) is 0. The number of hydrogen-bond donors (Lipinski definition) is 1. The maximum atomic E-state index is 11.0. The van der Waals surface area contributed by atoms with Gasteiger partial charge >= 0.3 is 5.97 Å². The standard InChI is InChI=1S/C13H8Cl2O3/c14-8-2-1-3-10(6-8)18-12-7-9(15)4-5-11(12)13(16)17/h1-7H,(H,16,17). The van der Waals surface area contributed by atoms with Gasteiger partial charge in [0.15, 0.2) is 0 Å². The Morgan fingerprint density at radius 1 is 1.06 bits per heavy atom. The molecule has 92 valence electrons. The van der Waals surface area contributed by atoms with Crippen LogP contribution in [-0.4, -0.2) is 11.1 Å². The fourth-order valence-corrected chi connectivity index (χ4v) is 1.76. The second-order valence-corrected chi connectivity index (χ2v) is 4.38. The van der Waals surface area contributed by atoms with Gasteiger partial charge in [-0.25, -0.2) is 4.79 Å². The number of benzene rings is 2. The van der Waals surface area contributed by atoms with E-state index in [1.54, 1.807) is 24.3 Å². The van der Waals surface area contributed by atoms with Gasteiger partial charge in [0.1, 0.15) is 17.1 Å². The number of rotatable bonds is 3. The quantitative estimate of drug-likeness (QED) is 0.903. The molecule has 0 bridgehead atoms. The highest BCUT2D eigenvalue weighted by atomic mass is 35.5. The van der Waals surface area contributed by atoms with Crippen molar-refractivity contribution >= 4 is 29.2 Å². The van der Waals surface area contributed by atoms with Crippen molar-refractivity contribution in [3.63, 3.8) is 0 Å². The lowest BCUT2D eigenvalue weighted by Crippen LogP contribution is -1.99. The summed E-state index contributed by atoms with van der Waals surface area (Å²) in [5.74, 6) is -0.451. The smallest absolute Gasteiger partial charge is 0.339 e. The summed E-state index contributed by atoms with van der Waals surface area (Å²) in [6.07, 6.45) is 0. The van der Waals surface area contributed by atoms with Crippen LogP contribution in [-0.2, 0) is 0 Å². The molecular formula is C13H8Cl2O3. The molecule has 3 nitrogen and oxygen atoms in total. The maximum Gasteiger partial charge on any atom is 0.339 e. The zero-order valence-electron chi connectivity index (χ0n) is 9.06. The highest BCUT2D eigenvalue weighted by Gasteiger charge is 2.12. The van der Waals surface area contributed by atoms with E-state index in [0.717, 1.165) is 0 Å². The van der Waals surface area contributed by atoms with Gasteiger partial charge in [0, 0.05) is 16.1 Å². The summed E-state index contributed by atoms with van der Waals surface area (Å²) in [5.41, 5.74) is 0.0411. The first-order valence-electron chi connectivity index (χ1n) is 5.02. The van der Waals surface area contributed by atoms with Crippen LogP contribution < -0.4 is 4.74 Å². The van der Waals surface area contributed by atoms with E-state index >= 15 is 0 Å². The van der Waals surface area contributed by atoms with E-state index in [9.17, 15) is 4.79 Å². The maximum absolute atomic E-state index is 11.0. The fourth-order valence-electron chi connectivity index (χ4n) is 1.41. The summed E-state index contributed by atoms with van der Waals surface area (Å²) < 4.78 is 5.48. The van der Waals surface area contributed by atoms with Gasteiger partial charge in [-0.15, -0.1) is 0 Å². The number of carboxylic acid groups (broad SMARTS) is 1. The van der Waals surface area contributed by atoms with E-state index in [1.807, 2.05) is 0 Å². The minimum absolute atomic E-state index is 0.0411. The summed E-state index contributed by atoms with van der Waals surface area (Å²) in [6, 6.07) is 11.0. The van der Waals surface area contributed by atoms with Gasteiger partial charge in [-0.2, -0.15) is 0 Å². The largest absolute Gasteiger partial charge is 0.478 e. The Bertz CT molecular complexity index is 597. The molecule has 0 aliphatic rings. The first-order valence-corrected chi connectivity index (χ1v) is 5.78. The summed E-state index contributed by atoms with van der Waals surface area (Å²) in [4.78, 5) is 11.0. The topological polar surface area (TPSA) is 46.5 Å². The van der Waals surface area contributed by atoms with Crippen LogP contribution in [0.3, 0.4) is 0 Å². The Balaban J connectivity index is 2.39. The highest BCUT2D eigenvalue weighted by Crippen LogP contribution is 2.29. The Labute approximate surface area is 114 Å². The predicted molar refractivity (Wildman–Crippen MR) is 69.9 cm³/mol. The van der Waals surface area contributed by atoms with E-state index in [-0.39, 0.29) is 11.3 Å². The van der Waals surface area contributed by atoms with E-state index < -0.39 is 5.97 Å². The molecule has 0 fully saturated rings. The Morgan fingerprint density at radius 2 is 1.78 bits per heavy atom. The van der Waals surface area contributed by atoms with E-state index in [4.69, 9.17) is 33.0 Å². The number of hydrogen-bond acceptors (Lipinski definition) is 2. The third-order valence-electron chi connectivity index (χ3n) is 2.20. The second-order valence-electron chi connectivity index (χ2n) is 3.51. The minimum Gasteiger partial charge on any atom is -0.478 e. The van der Waals surface area contributed by atoms with Crippen molar-refractivity contribution < 1.29 is 14.6 Å². The third kappa shape index (κ3) is 2.94. The number of aromatic carboxylic acids is 1. The van der Waals surface area contributed by atoms with E-state index in [1.165, 1.54) is 18.2 Å². The lowest BCUT2D eigenvalue weighted by Gasteiger charge is -2.09. The van der Waals surface area contributed by atoms with E-state index in [2.05, 4.69) is 0 Å². The zero-order chi connectivity index (χ0) is 13.1. The van der Waals surface area contributed by atoms with E-state index in [0.29, 0.717) is 15.8 Å². The molecule has 0 atom stereocenters.